The lowest BCUT2D eigenvalue weighted by molar-refractivity contribution is 0.230. The Morgan fingerprint density at radius 1 is 1.31 bits per heavy atom. The van der Waals surface area contributed by atoms with Crippen LogP contribution >= 0.6 is 0 Å². The van der Waals surface area contributed by atoms with E-state index in [0.717, 1.165) is 19.4 Å². The van der Waals surface area contributed by atoms with Crippen LogP contribution in [-0.2, 0) is 6.54 Å². The van der Waals surface area contributed by atoms with Gasteiger partial charge in [0.2, 0.25) is 0 Å². The van der Waals surface area contributed by atoms with E-state index in [0.29, 0.717) is 0 Å². The van der Waals surface area contributed by atoms with Crippen LogP contribution in [0.5, 0.6) is 0 Å². The highest BCUT2D eigenvalue weighted by atomic mass is 16.3. The molecule has 0 saturated heterocycles. The van der Waals surface area contributed by atoms with Crippen molar-refractivity contribution in [3.8, 4) is 0 Å². The van der Waals surface area contributed by atoms with E-state index in [1.54, 1.807) is 0 Å². The second kappa shape index (κ2) is 3.61. The molecule has 0 aliphatic heterocycles. The number of hydrogen-bond acceptors (Lipinski definition) is 2. The smallest absolute Gasteiger partial charge is 0.0613 e. The lowest BCUT2D eigenvalue weighted by Crippen LogP contribution is -2.34. The van der Waals surface area contributed by atoms with Crippen molar-refractivity contribution in [2.24, 2.45) is 0 Å². The van der Waals surface area contributed by atoms with E-state index < -0.39 is 0 Å². The molecule has 1 saturated carbocycles. The predicted octanol–water partition coefficient (Wildman–Crippen LogP) is 1.78. The molecule has 0 spiro atoms. The average molecular weight is 216 g/mol. The van der Waals surface area contributed by atoms with Crippen LogP contribution in [0.25, 0.3) is 10.9 Å². The first-order valence-electron chi connectivity index (χ1n) is 5.74. The minimum atomic E-state index is 0.00869. The SMILES string of the molecule is OCC1(NCc2cccc3cc[nH]c23)CC1. The molecule has 3 N–H and O–H groups in total. The molecular weight excluding hydrogens is 200 g/mol. The van der Waals surface area contributed by atoms with Gasteiger partial charge in [-0.2, -0.15) is 0 Å². The van der Waals surface area contributed by atoms with Crippen molar-refractivity contribution in [3.63, 3.8) is 0 Å². The number of benzene rings is 1. The Labute approximate surface area is 94.5 Å². The standard InChI is InChI=1S/C13H16N2O/c16-9-13(5-6-13)15-8-11-3-1-2-10-4-7-14-12(10)11/h1-4,7,14-16H,5-6,8-9H2. The molecule has 0 radical (unpaired) electrons. The molecule has 1 aromatic heterocycles. The van der Waals surface area contributed by atoms with Gasteiger partial charge in [-0.05, 0) is 29.9 Å². The van der Waals surface area contributed by atoms with Gasteiger partial charge in [-0.3, -0.25) is 0 Å². The molecule has 84 valence electrons. The second-order valence-corrected chi connectivity index (χ2v) is 4.65. The number of para-hydroxylation sites is 1. The molecule has 1 aliphatic carbocycles. The average Bonchev–Trinajstić information content (AvgIpc) is 2.94. The summed E-state index contributed by atoms with van der Waals surface area (Å²) < 4.78 is 0. The number of hydrogen-bond donors (Lipinski definition) is 3. The predicted molar refractivity (Wildman–Crippen MR) is 64.2 cm³/mol. The Hall–Kier alpha value is -1.32. The number of aromatic amines is 1. The van der Waals surface area contributed by atoms with Crippen molar-refractivity contribution >= 4 is 10.9 Å². The molecule has 0 bridgehead atoms. The van der Waals surface area contributed by atoms with E-state index in [4.69, 9.17) is 0 Å². The first kappa shape index (κ1) is 9.87. The topological polar surface area (TPSA) is 48.0 Å². The maximum atomic E-state index is 9.24. The van der Waals surface area contributed by atoms with Gasteiger partial charge < -0.3 is 15.4 Å². The third-order valence-electron chi connectivity index (χ3n) is 3.48. The highest BCUT2D eigenvalue weighted by Gasteiger charge is 2.41. The zero-order chi connectivity index (χ0) is 11.0. The lowest BCUT2D eigenvalue weighted by Gasteiger charge is -2.14. The highest BCUT2D eigenvalue weighted by molar-refractivity contribution is 5.82. The maximum absolute atomic E-state index is 9.24. The van der Waals surface area contributed by atoms with Gasteiger partial charge in [-0.15, -0.1) is 0 Å². The summed E-state index contributed by atoms with van der Waals surface area (Å²) in [7, 11) is 0. The summed E-state index contributed by atoms with van der Waals surface area (Å²) in [6, 6.07) is 8.39. The van der Waals surface area contributed by atoms with E-state index in [1.807, 2.05) is 6.20 Å². The molecule has 0 amide bonds. The van der Waals surface area contributed by atoms with E-state index >= 15 is 0 Å². The van der Waals surface area contributed by atoms with Crippen molar-refractivity contribution in [1.29, 1.82) is 0 Å². The van der Waals surface area contributed by atoms with Gasteiger partial charge in [0, 0.05) is 23.8 Å². The van der Waals surface area contributed by atoms with Gasteiger partial charge in [0.1, 0.15) is 0 Å². The van der Waals surface area contributed by atoms with Gasteiger partial charge in [-0.25, -0.2) is 0 Å². The molecule has 1 heterocycles. The number of aliphatic hydroxyl groups is 1. The van der Waals surface area contributed by atoms with E-state index in [-0.39, 0.29) is 12.1 Å². The number of rotatable bonds is 4. The molecule has 1 fully saturated rings. The van der Waals surface area contributed by atoms with Crippen LogP contribution in [0.15, 0.2) is 30.5 Å². The summed E-state index contributed by atoms with van der Waals surface area (Å²) in [5.41, 5.74) is 2.47. The van der Waals surface area contributed by atoms with Crippen LogP contribution < -0.4 is 5.32 Å². The van der Waals surface area contributed by atoms with Gasteiger partial charge >= 0.3 is 0 Å². The molecule has 3 rings (SSSR count). The van der Waals surface area contributed by atoms with Crippen molar-refractivity contribution < 1.29 is 5.11 Å². The lowest BCUT2D eigenvalue weighted by atomic mass is 10.1. The number of nitrogens with one attached hydrogen (secondary N) is 2. The van der Waals surface area contributed by atoms with E-state index in [1.165, 1.54) is 16.5 Å². The summed E-state index contributed by atoms with van der Waals surface area (Å²) in [4.78, 5) is 3.26. The zero-order valence-electron chi connectivity index (χ0n) is 9.16. The quantitative estimate of drug-likeness (QED) is 0.729. The Balaban J connectivity index is 1.81. The van der Waals surface area contributed by atoms with Crippen LogP contribution in [0.1, 0.15) is 18.4 Å². The molecule has 1 aromatic carbocycles. The Kier molecular flexibility index (Phi) is 2.23. The van der Waals surface area contributed by atoms with Gasteiger partial charge in [0.15, 0.2) is 0 Å². The number of H-pyrrole nitrogens is 1. The third-order valence-corrected chi connectivity index (χ3v) is 3.48. The van der Waals surface area contributed by atoms with Gasteiger partial charge in [0.05, 0.1) is 6.61 Å². The Morgan fingerprint density at radius 3 is 2.94 bits per heavy atom. The van der Waals surface area contributed by atoms with Crippen molar-refractivity contribution in [2.75, 3.05) is 6.61 Å². The van der Waals surface area contributed by atoms with Crippen molar-refractivity contribution in [1.82, 2.24) is 10.3 Å². The van der Waals surface area contributed by atoms with Crippen LogP contribution in [0.3, 0.4) is 0 Å². The number of fused-ring (bicyclic) bond motifs is 1. The summed E-state index contributed by atoms with van der Waals surface area (Å²) in [5, 5.41) is 13.9. The monoisotopic (exact) mass is 216 g/mol. The summed E-state index contributed by atoms with van der Waals surface area (Å²) in [6.07, 6.45) is 4.14. The minimum Gasteiger partial charge on any atom is -0.394 e. The molecule has 16 heavy (non-hydrogen) atoms. The minimum absolute atomic E-state index is 0.00869. The summed E-state index contributed by atoms with van der Waals surface area (Å²) >= 11 is 0. The van der Waals surface area contributed by atoms with Gasteiger partial charge in [0.25, 0.3) is 0 Å². The van der Waals surface area contributed by atoms with Crippen LogP contribution in [-0.4, -0.2) is 22.2 Å². The van der Waals surface area contributed by atoms with Crippen molar-refractivity contribution in [3.05, 3.63) is 36.0 Å². The fourth-order valence-corrected chi connectivity index (χ4v) is 2.12. The first-order chi connectivity index (χ1) is 7.83. The van der Waals surface area contributed by atoms with E-state index in [9.17, 15) is 5.11 Å². The fraction of sp³-hybridized carbons (Fsp3) is 0.385. The van der Waals surface area contributed by atoms with Crippen LogP contribution in [0, 0.1) is 0 Å². The fourth-order valence-electron chi connectivity index (χ4n) is 2.12. The second-order valence-electron chi connectivity index (χ2n) is 4.65. The molecule has 0 atom stereocenters. The summed E-state index contributed by atoms with van der Waals surface area (Å²) in [5.74, 6) is 0. The van der Waals surface area contributed by atoms with Gasteiger partial charge in [-0.1, -0.05) is 18.2 Å². The molecule has 0 unspecified atom stereocenters. The van der Waals surface area contributed by atoms with E-state index in [2.05, 4.69) is 34.6 Å². The summed E-state index contributed by atoms with van der Waals surface area (Å²) in [6.45, 7) is 1.06. The maximum Gasteiger partial charge on any atom is 0.0613 e. The van der Waals surface area contributed by atoms with Crippen LogP contribution in [0.4, 0.5) is 0 Å². The normalized spacial score (nSPS) is 17.8. The molecule has 1 aliphatic rings. The zero-order valence-corrected chi connectivity index (χ0v) is 9.16. The van der Waals surface area contributed by atoms with Crippen LogP contribution in [0.2, 0.25) is 0 Å². The highest BCUT2D eigenvalue weighted by Crippen LogP contribution is 2.35. The molecular formula is C13H16N2O. The number of aromatic nitrogens is 1. The Bertz CT molecular complexity index is 499. The number of aliphatic hydroxyl groups excluding tert-OH is 1. The largest absolute Gasteiger partial charge is 0.394 e. The molecule has 2 aromatic rings. The third kappa shape index (κ3) is 1.62. The molecule has 3 heteroatoms. The Morgan fingerprint density at radius 2 is 2.19 bits per heavy atom. The molecule has 3 nitrogen and oxygen atoms in total. The van der Waals surface area contributed by atoms with Crippen molar-refractivity contribution in [2.45, 2.75) is 24.9 Å². The first-order valence-corrected chi connectivity index (χ1v) is 5.74.